The summed E-state index contributed by atoms with van der Waals surface area (Å²) < 4.78 is 20.8. The van der Waals surface area contributed by atoms with E-state index < -0.39 is 5.82 Å². The summed E-state index contributed by atoms with van der Waals surface area (Å²) in [5.41, 5.74) is 1.00. The zero-order chi connectivity index (χ0) is 13.2. The van der Waals surface area contributed by atoms with Gasteiger partial charge in [-0.25, -0.2) is 9.07 Å². The maximum Gasteiger partial charge on any atom is 0.189 e. The second-order valence-electron chi connectivity index (χ2n) is 4.30. The molecule has 6 heteroatoms. The summed E-state index contributed by atoms with van der Waals surface area (Å²) in [5.74, 6) is -0.406. The Morgan fingerprint density at radius 3 is 2.95 bits per heavy atom. The summed E-state index contributed by atoms with van der Waals surface area (Å²) in [7, 11) is 0. The van der Waals surface area contributed by atoms with Crippen LogP contribution in [-0.2, 0) is 4.74 Å². The standard InChI is InChI=1S/C13H11FN4O/c14-9-4-1-2-5-11(9)18-13(10(8-15)16-17-18)12-6-3-7-19-12/h1-2,4-5,12H,3,6-7H2. The third kappa shape index (κ3) is 1.98. The van der Waals surface area contributed by atoms with Crippen LogP contribution in [0.5, 0.6) is 0 Å². The van der Waals surface area contributed by atoms with E-state index >= 15 is 0 Å². The molecule has 2 heterocycles. The van der Waals surface area contributed by atoms with Crippen LogP contribution in [0.1, 0.15) is 30.3 Å². The van der Waals surface area contributed by atoms with Gasteiger partial charge in [-0.3, -0.25) is 0 Å². The van der Waals surface area contributed by atoms with Gasteiger partial charge in [-0.2, -0.15) is 5.26 Å². The number of nitriles is 1. The van der Waals surface area contributed by atoms with Crippen LogP contribution >= 0.6 is 0 Å². The van der Waals surface area contributed by atoms with E-state index in [9.17, 15) is 4.39 Å². The van der Waals surface area contributed by atoms with Gasteiger partial charge in [-0.05, 0) is 25.0 Å². The molecule has 0 saturated carbocycles. The fraction of sp³-hybridized carbons (Fsp3) is 0.308. The fourth-order valence-corrected chi connectivity index (χ4v) is 2.25. The lowest BCUT2D eigenvalue weighted by atomic mass is 10.1. The fourth-order valence-electron chi connectivity index (χ4n) is 2.25. The summed E-state index contributed by atoms with van der Waals surface area (Å²) in [6.07, 6.45) is 1.46. The molecule has 3 rings (SSSR count). The monoisotopic (exact) mass is 258 g/mol. The molecular formula is C13H11FN4O. The van der Waals surface area contributed by atoms with Gasteiger partial charge in [0, 0.05) is 6.61 Å². The maximum atomic E-state index is 13.8. The Bertz CT molecular complexity index is 640. The number of halogens is 1. The SMILES string of the molecule is N#Cc1nnn(-c2ccccc2F)c1C1CCCO1. The van der Waals surface area contributed by atoms with Crippen molar-refractivity contribution < 1.29 is 9.13 Å². The minimum absolute atomic E-state index is 0.190. The first-order valence-corrected chi connectivity index (χ1v) is 6.03. The van der Waals surface area contributed by atoms with E-state index in [-0.39, 0.29) is 17.5 Å². The smallest absolute Gasteiger partial charge is 0.189 e. The van der Waals surface area contributed by atoms with E-state index in [1.54, 1.807) is 18.2 Å². The molecule has 0 radical (unpaired) electrons. The Labute approximate surface area is 109 Å². The average Bonchev–Trinajstić information content (AvgIpc) is 3.07. The second kappa shape index (κ2) is 4.78. The van der Waals surface area contributed by atoms with Gasteiger partial charge in [0.15, 0.2) is 5.69 Å². The molecule has 0 aliphatic carbocycles. The lowest BCUT2D eigenvalue weighted by Gasteiger charge is -2.12. The predicted molar refractivity (Wildman–Crippen MR) is 64.0 cm³/mol. The number of hydrogen-bond acceptors (Lipinski definition) is 4. The van der Waals surface area contributed by atoms with Crippen molar-refractivity contribution >= 4 is 0 Å². The molecule has 1 aromatic carbocycles. The van der Waals surface area contributed by atoms with E-state index in [0.717, 1.165) is 12.8 Å². The number of benzene rings is 1. The van der Waals surface area contributed by atoms with Crippen molar-refractivity contribution in [1.82, 2.24) is 15.0 Å². The van der Waals surface area contributed by atoms with Crippen molar-refractivity contribution in [2.75, 3.05) is 6.61 Å². The summed E-state index contributed by atoms with van der Waals surface area (Å²) in [6.45, 7) is 0.637. The third-order valence-electron chi connectivity index (χ3n) is 3.13. The number of aromatic nitrogens is 3. The minimum atomic E-state index is -0.406. The Hall–Kier alpha value is -2.26. The lowest BCUT2D eigenvalue weighted by Crippen LogP contribution is -2.09. The van der Waals surface area contributed by atoms with Gasteiger partial charge in [-0.1, -0.05) is 17.3 Å². The first-order chi connectivity index (χ1) is 9.31. The van der Waals surface area contributed by atoms with E-state index in [2.05, 4.69) is 10.3 Å². The molecule has 1 saturated heterocycles. The first kappa shape index (κ1) is 11.8. The molecule has 1 aliphatic rings. The van der Waals surface area contributed by atoms with Gasteiger partial charge in [0.2, 0.25) is 0 Å². The summed E-state index contributed by atoms with van der Waals surface area (Å²) in [6, 6.07) is 8.25. The molecule has 1 atom stereocenters. The highest BCUT2D eigenvalue weighted by atomic mass is 19.1. The van der Waals surface area contributed by atoms with E-state index in [1.807, 2.05) is 6.07 Å². The number of rotatable bonds is 2. The van der Waals surface area contributed by atoms with Crippen LogP contribution in [0.4, 0.5) is 4.39 Å². The molecule has 0 N–H and O–H groups in total. The topological polar surface area (TPSA) is 63.7 Å². The van der Waals surface area contributed by atoms with Crippen LogP contribution in [-0.4, -0.2) is 21.6 Å². The van der Waals surface area contributed by atoms with E-state index in [1.165, 1.54) is 10.7 Å². The Kier molecular flexibility index (Phi) is 2.97. The number of para-hydroxylation sites is 1. The molecule has 1 unspecified atom stereocenters. The quantitative estimate of drug-likeness (QED) is 0.827. The molecule has 0 amide bonds. The molecule has 96 valence electrons. The first-order valence-electron chi connectivity index (χ1n) is 6.03. The molecule has 0 bridgehead atoms. The van der Waals surface area contributed by atoms with Crippen LogP contribution in [0.15, 0.2) is 24.3 Å². The molecule has 1 fully saturated rings. The Morgan fingerprint density at radius 1 is 1.42 bits per heavy atom. The van der Waals surface area contributed by atoms with Gasteiger partial charge in [0.25, 0.3) is 0 Å². The zero-order valence-corrected chi connectivity index (χ0v) is 10.1. The molecule has 2 aromatic rings. The third-order valence-corrected chi connectivity index (χ3v) is 3.13. The number of hydrogen-bond donors (Lipinski definition) is 0. The molecule has 5 nitrogen and oxygen atoms in total. The molecule has 1 aliphatic heterocycles. The van der Waals surface area contributed by atoms with Crippen molar-refractivity contribution in [1.29, 1.82) is 5.26 Å². The van der Waals surface area contributed by atoms with Crippen molar-refractivity contribution in [2.24, 2.45) is 0 Å². The second-order valence-corrected chi connectivity index (χ2v) is 4.30. The van der Waals surface area contributed by atoms with Crippen LogP contribution in [0.25, 0.3) is 5.69 Å². The van der Waals surface area contributed by atoms with Crippen LogP contribution in [0.3, 0.4) is 0 Å². The molecular weight excluding hydrogens is 247 g/mol. The Balaban J connectivity index is 2.14. The Morgan fingerprint density at radius 2 is 2.26 bits per heavy atom. The van der Waals surface area contributed by atoms with Gasteiger partial charge >= 0.3 is 0 Å². The highest BCUT2D eigenvalue weighted by Gasteiger charge is 2.28. The number of nitrogens with zero attached hydrogens (tertiary/aromatic N) is 4. The van der Waals surface area contributed by atoms with E-state index in [4.69, 9.17) is 10.00 Å². The minimum Gasteiger partial charge on any atom is -0.372 e. The van der Waals surface area contributed by atoms with Crippen molar-refractivity contribution in [3.63, 3.8) is 0 Å². The van der Waals surface area contributed by atoms with Crippen LogP contribution < -0.4 is 0 Å². The highest BCUT2D eigenvalue weighted by molar-refractivity contribution is 5.38. The van der Waals surface area contributed by atoms with Gasteiger partial charge < -0.3 is 4.74 Å². The number of ether oxygens (including phenoxy) is 1. The van der Waals surface area contributed by atoms with Crippen molar-refractivity contribution in [2.45, 2.75) is 18.9 Å². The van der Waals surface area contributed by atoms with Gasteiger partial charge in [-0.15, -0.1) is 5.10 Å². The average molecular weight is 258 g/mol. The molecule has 1 aromatic heterocycles. The summed E-state index contributed by atoms with van der Waals surface area (Å²) in [4.78, 5) is 0. The van der Waals surface area contributed by atoms with Crippen molar-refractivity contribution in [3.05, 3.63) is 41.5 Å². The maximum absolute atomic E-state index is 13.8. The van der Waals surface area contributed by atoms with Crippen molar-refractivity contribution in [3.8, 4) is 11.8 Å². The summed E-state index contributed by atoms with van der Waals surface area (Å²) in [5, 5.41) is 16.8. The normalized spacial score (nSPS) is 18.4. The molecule has 0 spiro atoms. The highest BCUT2D eigenvalue weighted by Crippen LogP contribution is 2.31. The lowest BCUT2D eigenvalue weighted by molar-refractivity contribution is 0.106. The van der Waals surface area contributed by atoms with Crippen LogP contribution in [0, 0.1) is 17.1 Å². The van der Waals surface area contributed by atoms with Gasteiger partial charge in [0.05, 0.1) is 0 Å². The van der Waals surface area contributed by atoms with Gasteiger partial charge in [0.1, 0.15) is 29.4 Å². The largest absolute Gasteiger partial charge is 0.372 e. The van der Waals surface area contributed by atoms with E-state index in [0.29, 0.717) is 12.3 Å². The zero-order valence-electron chi connectivity index (χ0n) is 10.1. The molecule has 19 heavy (non-hydrogen) atoms. The van der Waals surface area contributed by atoms with Crippen LogP contribution in [0.2, 0.25) is 0 Å². The summed E-state index contributed by atoms with van der Waals surface area (Å²) >= 11 is 0. The predicted octanol–water partition coefficient (Wildman–Crippen LogP) is 2.13.